The average molecular weight is 815 g/mol. The minimum atomic E-state index is -1.53. The molecule has 0 aromatic rings. The first kappa shape index (κ1) is 54.2. The molecule has 0 aromatic heterocycles. The third-order valence-corrected chi connectivity index (χ3v) is 11.8. The summed E-state index contributed by atoms with van der Waals surface area (Å²) in [5.41, 5.74) is 0. The quantitative estimate of drug-likeness (QED) is 0.0350. The Bertz CT molecular complexity index is 843. The maximum Gasteiger partial charge on any atom is 0.306 e. The van der Waals surface area contributed by atoms with Gasteiger partial charge in [-0.15, -0.1) is 0 Å². The molecule has 0 saturated carbocycles. The Labute approximate surface area is 351 Å². The summed E-state index contributed by atoms with van der Waals surface area (Å²) in [6.07, 6.45) is 37.1. The summed E-state index contributed by atoms with van der Waals surface area (Å²) in [7, 11) is 0. The van der Waals surface area contributed by atoms with Crippen LogP contribution in [0.15, 0.2) is 0 Å². The van der Waals surface area contributed by atoms with Gasteiger partial charge in [-0.25, -0.2) is 0 Å². The van der Waals surface area contributed by atoms with E-state index >= 15 is 0 Å². The van der Waals surface area contributed by atoms with Crippen molar-refractivity contribution in [3.63, 3.8) is 0 Å². The third-order valence-electron chi connectivity index (χ3n) is 11.8. The van der Waals surface area contributed by atoms with Crippen LogP contribution in [-0.4, -0.2) is 89.6 Å². The Balaban J connectivity index is 2.17. The molecular weight excluding hydrogens is 721 g/mol. The molecule has 0 amide bonds. The molecule has 9 heteroatoms. The molecule has 57 heavy (non-hydrogen) atoms. The lowest BCUT2D eigenvalue weighted by Gasteiger charge is -2.39. The molecule has 0 aliphatic carbocycles. The van der Waals surface area contributed by atoms with Gasteiger partial charge in [0.1, 0.15) is 30.5 Å². The molecule has 1 heterocycles. The van der Waals surface area contributed by atoms with Crippen LogP contribution < -0.4 is 0 Å². The summed E-state index contributed by atoms with van der Waals surface area (Å²) < 4.78 is 22.9. The van der Waals surface area contributed by atoms with Crippen LogP contribution in [0.3, 0.4) is 0 Å². The Kier molecular flexibility index (Phi) is 38.6. The monoisotopic (exact) mass is 815 g/mol. The van der Waals surface area contributed by atoms with Crippen LogP contribution in [0.25, 0.3) is 0 Å². The third kappa shape index (κ3) is 31.7. The molecule has 1 saturated heterocycles. The van der Waals surface area contributed by atoms with Crippen LogP contribution in [0.2, 0.25) is 0 Å². The van der Waals surface area contributed by atoms with Crippen LogP contribution >= 0.6 is 0 Å². The van der Waals surface area contributed by atoms with Crippen molar-refractivity contribution in [1.82, 2.24) is 0 Å². The van der Waals surface area contributed by atoms with Crippen molar-refractivity contribution in [1.29, 1.82) is 0 Å². The number of ether oxygens (including phenoxy) is 4. The second-order valence-electron chi connectivity index (χ2n) is 17.3. The highest BCUT2D eigenvalue weighted by Gasteiger charge is 2.44. The van der Waals surface area contributed by atoms with Gasteiger partial charge in [-0.3, -0.25) is 4.79 Å². The molecular formula is C48H94O9. The number of hydrogen-bond donors (Lipinski definition) is 4. The van der Waals surface area contributed by atoms with Crippen molar-refractivity contribution >= 4 is 5.97 Å². The molecule has 6 atom stereocenters. The number of aliphatic hydroxyl groups is 4. The van der Waals surface area contributed by atoms with Gasteiger partial charge in [0, 0.05) is 13.0 Å². The van der Waals surface area contributed by atoms with Gasteiger partial charge in [0.25, 0.3) is 0 Å². The van der Waals surface area contributed by atoms with Gasteiger partial charge < -0.3 is 39.4 Å². The number of hydrogen-bond acceptors (Lipinski definition) is 9. The number of unbranched alkanes of at least 4 members (excludes halogenated alkanes) is 32. The topological polar surface area (TPSA) is 135 Å². The minimum absolute atomic E-state index is 0.105. The zero-order chi connectivity index (χ0) is 41.4. The van der Waals surface area contributed by atoms with E-state index in [9.17, 15) is 25.2 Å². The second kappa shape index (κ2) is 40.6. The second-order valence-corrected chi connectivity index (χ2v) is 17.3. The molecule has 6 unspecified atom stereocenters. The van der Waals surface area contributed by atoms with Crippen molar-refractivity contribution < 1.29 is 44.2 Å². The lowest BCUT2D eigenvalue weighted by Crippen LogP contribution is -2.59. The molecule has 0 bridgehead atoms. The predicted octanol–water partition coefficient (Wildman–Crippen LogP) is 11.4. The van der Waals surface area contributed by atoms with Crippen molar-refractivity contribution in [2.24, 2.45) is 0 Å². The van der Waals surface area contributed by atoms with Crippen LogP contribution in [-0.2, 0) is 23.7 Å². The van der Waals surface area contributed by atoms with E-state index in [1.807, 2.05) is 0 Å². The Morgan fingerprint density at radius 3 is 1.25 bits per heavy atom. The van der Waals surface area contributed by atoms with E-state index in [1.165, 1.54) is 186 Å². The van der Waals surface area contributed by atoms with E-state index in [-0.39, 0.29) is 19.2 Å². The van der Waals surface area contributed by atoms with Crippen molar-refractivity contribution in [3.8, 4) is 0 Å². The van der Waals surface area contributed by atoms with Crippen LogP contribution in [0, 0.1) is 0 Å². The average Bonchev–Trinajstić information content (AvgIpc) is 3.21. The van der Waals surface area contributed by atoms with Crippen molar-refractivity contribution in [2.75, 3.05) is 26.4 Å². The van der Waals surface area contributed by atoms with Gasteiger partial charge in [0.2, 0.25) is 0 Å². The van der Waals surface area contributed by atoms with Crippen LogP contribution in [0.5, 0.6) is 0 Å². The molecule has 1 rings (SSSR count). The van der Waals surface area contributed by atoms with Crippen molar-refractivity contribution in [2.45, 2.75) is 275 Å². The standard InChI is InChI=1S/C48H94O9/c1-3-5-7-9-11-13-15-17-18-19-20-21-22-23-24-26-28-30-32-34-36-38-54-40-42(41-55-48-47(53)46(52)45(51)43(39-49)57-48)56-44(50)37-35-33-31-29-27-25-16-14-12-10-8-6-4-2/h42-43,45-49,51-53H,3-41H2,1-2H3. The highest BCUT2D eigenvalue weighted by atomic mass is 16.7. The SMILES string of the molecule is CCCCCCCCCCCCCCCCCCCCCCCOCC(COC1OC(CO)C(O)C(O)C1O)OC(=O)CCCCCCCCCCCCCCC. The van der Waals surface area contributed by atoms with Gasteiger partial charge in [-0.1, -0.05) is 219 Å². The largest absolute Gasteiger partial charge is 0.457 e. The molecule has 340 valence electrons. The van der Waals surface area contributed by atoms with Crippen molar-refractivity contribution in [3.05, 3.63) is 0 Å². The molecule has 1 aliphatic heterocycles. The fourth-order valence-electron chi connectivity index (χ4n) is 7.91. The summed E-state index contributed by atoms with van der Waals surface area (Å²) in [4.78, 5) is 12.8. The zero-order valence-corrected chi connectivity index (χ0v) is 37.4. The first-order valence-corrected chi connectivity index (χ1v) is 24.6. The maximum atomic E-state index is 12.8. The maximum absolute atomic E-state index is 12.8. The summed E-state index contributed by atoms with van der Waals surface area (Å²) in [5, 5.41) is 40.1. The van der Waals surface area contributed by atoms with Crippen LogP contribution in [0.4, 0.5) is 0 Å². The van der Waals surface area contributed by atoms with E-state index < -0.39 is 43.4 Å². The molecule has 1 fully saturated rings. The Hall–Kier alpha value is -0.810. The fourth-order valence-corrected chi connectivity index (χ4v) is 7.91. The number of esters is 1. The minimum Gasteiger partial charge on any atom is -0.457 e. The van der Waals surface area contributed by atoms with Crippen LogP contribution in [0.1, 0.15) is 239 Å². The highest BCUT2D eigenvalue weighted by molar-refractivity contribution is 5.69. The van der Waals surface area contributed by atoms with E-state index in [0.29, 0.717) is 13.0 Å². The number of rotatable bonds is 43. The van der Waals surface area contributed by atoms with E-state index in [0.717, 1.165) is 32.1 Å². The Morgan fingerprint density at radius 1 is 0.491 bits per heavy atom. The molecule has 9 nitrogen and oxygen atoms in total. The highest BCUT2D eigenvalue weighted by Crippen LogP contribution is 2.23. The predicted molar refractivity (Wildman–Crippen MR) is 233 cm³/mol. The first-order chi connectivity index (χ1) is 27.9. The summed E-state index contributed by atoms with van der Waals surface area (Å²) in [6.45, 7) is 4.61. The fraction of sp³-hybridized carbons (Fsp3) is 0.979. The lowest BCUT2D eigenvalue weighted by molar-refractivity contribution is -0.305. The number of carbonyl (C=O) groups is 1. The van der Waals surface area contributed by atoms with E-state index in [4.69, 9.17) is 18.9 Å². The lowest BCUT2D eigenvalue weighted by atomic mass is 9.99. The Morgan fingerprint density at radius 2 is 0.860 bits per heavy atom. The normalized spacial score (nSPS) is 20.3. The molecule has 0 spiro atoms. The first-order valence-electron chi connectivity index (χ1n) is 24.6. The summed E-state index contributed by atoms with van der Waals surface area (Å²) in [5.74, 6) is -0.307. The summed E-state index contributed by atoms with van der Waals surface area (Å²) in [6, 6.07) is 0. The smallest absolute Gasteiger partial charge is 0.306 e. The van der Waals surface area contributed by atoms with E-state index in [1.54, 1.807) is 0 Å². The van der Waals surface area contributed by atoms with Gasteiger partial charge in [-0.2, -0.15) is 0 Å². The number of aliphatic hydroxyl groups excluding tert-OH is 4. The van der Waals surface area contributed by atoms with E-state index in [2.05, 4.69) is 13.8 Å². The molecule has 1 aliphatic rings. The summed E-state index contributed by atoms with van der Waals surface area (Å²) >= 11 is 0. The van der Waals surface area contributed by atoms with Gasteiger partial charge in [0.05, 0.1) is 19.8 Å². The van der Waals surface area contributed by atoms with Gasteiger partial charge in [0.15, 0.2) is 6.29 Å². The van der Waals surface area contributed by atoms with Gasteiger partial charge in [-0.05, 0) is 12.8 Å². The van der Waals surface area contributed by atoms with Gasteiger partial charge >= 0.3 is 5.97 Å². The molecule has 4 N–H and O–H groups in total. The number of carbonyl (C=O) groups excluding carboxylic acids is 1. The molecule has 0 radical (unpaired) electrons. The zero-order valence-electron chi connectivity index (χ0n) is 37.4. The molecule has 0 aromatic carbocycles.